The van der Waals surface area contributed by atoms with Gasteiger partial charge in [0.1, 0.15) is 5.75 Å². The third kappa shape index (κ3) is 3.61. The third-order valence-corrected chi connectivity index (χ3v) is 3.94. The molecule has 1 amide bonds. The van der Waals surface area contributed by atoms with Gasteiger partial charge in [0, 0.05) is 8.95 Å². The van der Waals surface area contributed by atoms with Crippen molar-refractivity contribution in [3.63, 3.8) is 0 Å². The highest BCUT2D eigenvalue weighted by molar-refractivity contribution is 9.10. The summed E-state index contributed by atoms with van der Waals surface area (Å²) in [5.74, 6) is -0.340. The summed E-state index contributed by atoms with van der Waals surface area (Å²) in [5, 5.41) is 12.6. The van der Waals surface area contributed by atoms with E-state index in [-0.39, 0.29) is 23.3 Å². The topological polar surface area (TPSA) is 49.3 Å². The Morgan fingerprint density at radius 3 is 2.35 bits per heavy atom. The Kier molecular flexibility index (Phi) is 4.83. The first kappa shape index (κ1) is 15.1. The highest BCUT2D eigenvalue weighted by Gasteiger charge is 2.15. The number of carbonyl (C=O) groups is 1. The van der Waals surface area contributed by atoms with E-state index in [0.717, 1.165) is 14.5 Å². The molecule has 0 aliphatic carbocycles. The number of hydrogen-bond acceptors (Lipinski definition) is 2. The van der Waals surface area contributed by atoms with Crippen molar-refractivity contribution < 1.29 is 9.90 Å². The number of carbonyl (C=O) groups excluding carboxylic acids is 1. The second-order valence-corrected chi connectivity index (χ2v) is 6.24. The van der Waals surface area contributed by atoms with Crippen molar-refractivity contribution in [2.24, 2.45) is 0 Å². The van der Waals surface area contributed by atoms with Gasteiger partial charge in [-0.05, 0) is 42.8 Å². The van der Waals surface area contributed by atoms with Crippen LogP contribution < -0.4 is 5.32 Å². The molecule has 2 rings (SSSR count). The van der Waals surface area contributed by atoms with Gasteiger partial charge in [0.25, 0.3) is 5.91 Å². The predicted octanol–water partition coefficient (Wildman–Crippen LogP) is 4.41. The van der Waals surface area contributed by atoms with E-state index in [4.69, 9.17) is 0 Å². The molecule has 0 bridgehead atoms. The summed E-state index contributed by atoms with van der Waals surface area (Å²) in [6, 6.07) is 12.4. The van der Waals surface area contributed by atoms with Crippen molar-refractivity contribution in [3.05, 3.63) is 62.5 Å². The zero-order valence-electron chi connectivity index (χ0n) is 10.7. The standard InChI is InChI=1S/C15H13Br2NO2/c1-9(10-2-4-11(16)5-3-10)18-15(20)13-8-12(17)6-7-14(13)19/h2-9,19H,1H3,(H,18,20). The number of rotatable bonds is 3. The van der Waals surface area contributed by atoms with Crippen molar-refractivity contribution in [1.29, 1.82) is 0 Å². The van der Waals surface area contributed by atoms with Crippen LogP contribution in [-0.4, -0.2) is 11.0 Å². The van der Waals surface area contributed by atoms with E-state index in [0.29, 0.717) is 0 Å². The minimum atomic E-state index is -0.306. The van der Waals surface area contributed by atoms with Crippen molar-refractivity contribution in [1.82, 2.24) is 5.32 Å². The van der Waals surface area contributed by atoms with Crippen molar-refractivity contribution >= 4 is 37.8 Å². The maximum Gasteiger partial charge on any atom is 0.255 e. The molecule has 0 saturated heterocycles. The fourth-order valence-corrected chi connectivity index (χ4v) is 2.42. The highest BCUT2D eigenvalue weighted by Crippen LogP contribution is 2.23. The Balaban J connectivity index is 2.15. The van der Waals surface area contributed by atoms with Gasteiger partial charge in [-0.1, -0.05) is 44.0 Å². The number of halogens is 2. The van der Waals surface area contributed by atoms with Crippen molar-refractivity contribution in [2.45, 2.75) is 13.0 Å². The highest BCUT2D eigenvalue weighted by atomic mass is 79.9. The van der Waals surface area contributed by atoms with Gasteiger partial charge in [-0.15, -0.1) is 0 Å². The summed E-state index contributed by atoms with van der Waals surface area (Å²) < 4.78 is 1.74. The Morgan fingerprint density at radius 2 is 1.70 bits per heavy atom. The molecule has 2 N–H and O–H groups in total. The van der Waals surface area contributed by atoms with Crippen LogP contribution in [0, 0.1) is 0 Å². The summed E-state index contributed by atoms with van der Waals surface area (Å²) in [6.07, 6.45) is 0. The van der Waals surface area contributed by atoms with Gasteiger partial charge in [-0.2, -0.15) is 0 Å². The Labute approximate surface area is 134 Å². The molecule has 0 aliphatic heterocycles. The lowest BCUT2D eigenvalue weighted by molar-refractivity contribution is 0.0937. The zero-order chi connectivity index (χ0) is 14.7. The molecule has 0 spiro atoms. The molecule has 0 saturated carbocycles. The van der Waals surface area contributed by atoms with Crippen LogP contribution in [0.2, 0.25) is 0 Å². The van der Waals surface area contributed by atoms with E-state index < -0.39 is 0 Å². The van der Waals surface area contributed by atoms with Crippen LogP contribution in [0.4, 0.5) is 0 Å². The van der Waals surface area contributed by atoms with E-state index in [1.807, 2.05) is 31.2 Å². The summed E-state index contributed by atoms with van der Waals surface area (Å²) in [6.45, 7) is 1.90. The smallest absolute Gasteiger partial charge is 0.255 e. The average molecular weight is 399 g/mol. The average Bonchev–Trinajstić information content (AvgIpc) is 2.42. The molecule has 2 aromatic carbocycles. The third-order valence-electron chi connectivity index (χ3n) is 2.92. The summed E-state index contributed by atoms with van der Waals surface area (Å²) >= 11 is 6.66. The summed E-state index contributed by atoms with van der Waals surface area (Å²) in [7, 11) is 0. The molecular weight excluding hydrogens is 386 g/mol. The van der Waals surface area contributed by atoms with Crippen LogP contribution in [0.5, 0.6) is 5.75 Å². The SMILES string of the molecule is CC(NC(=O)c1cc(Br)ccc1O)c1ccc(Br)cc1. The van der Waals surface area contributed by atoms with Crippen molar-refractivity contribution in [3.8, 4) is 5.75 Å². The molecule has 0 aliphatic rings. The second-order valence-electron chi connectivity index (χ2n) is 4.41. The molecule has 3 nitrogen and oxygen atoms in total. The monoisotopic (exact) mass is 397 g/mol. The van der Waals surface area contributed by atoms with Gasteiger partial charge in [0.15, 0.2) is 0 Å². The molecule has 5 heteroatoms. The van der Waals surface area contributed by atoms with Crippen LogP contribution >= 0.6 is 31.9 Å². The largest absolute Gasteiger partial charge is 0.507 e. The number of aromatic hydroxyl groups is 1. The number of nitrogens with one attached hydrogen (secondary N) is 1. The maximum atomic E-state index is 12.2. The molecule has 104 valence electrons. The van der Waals surface area contributed by atoms with Crippen LogP contribution in [-0.2, 0) is 0 Å². The van der Waals surface area contributed by atoms with Crippen LogP contribution in [0.3, 0.4) is 0 Å². The first-order valence-electron chi connectivity index (χ1n) is 6.02. The van der Waals surface area contributed by atoms with E-state index >= 15 is 0 Å². The predicted molar refractivity (Wildman–Crippen MR) is 85.8 cm³/mol. The zero-order valence-corrected chi connectivity index (χ0v) is 13.9. The van der Waals surface area contributed by atoms with E-state index in [1.54, 1.807) is 12.1 Å². The fraction of sp³-hybridized carbons (Fsp3) is 0.133. The molecular formula is C15H13Br2NO2. The Hall–Kier alpha value is -1.33. The van der Waals surface area contributed by atoms with Gasteiger partial charge in [-0.25, -0.2) is 0 Å². The molecule has 0 fully saturated rings. The van der Waals surface area contributed by atoms with Gasteiger partial charge in [0.2, 0.25) is 0 Å². The number of amides is 1. The molecule has 1 unspecified atom stereocenters. The number of benzene rings is 2. The van der Waals surface area contributed by atoms with E-state index in [2.05, 4.69) is 37.2 Å². The Bertz CT molecular complexity index is 626. The molecule has 0 heterocycles. The van der Waals surface area contributed by atoms with Crippen LogP contribution in [0.15, 0.2) is 51.4 Å². The summed E-state index contributed by atoms with van der Waals surface area (Å²) in [5.41, 5.74) is 1.25. The number of hydrogen-bond donors (Lipinski definition) is 2. The lowest BCUT2D eigenvalue weighted by Crippen LogP contribution is -2.26. The molecule has 1 atom stereocenters. The van der Waals surface area contributed by atoms with Crippen LogP contribution in [0.1, 0.15) is 28.9 Å². The van der Waals surface area contributed by atoms with Gasteiger partial charge in [-0.3, -0.25) is 4.79 Å². The van der Waals surface area contributed by atoms with E-state index in [1.165, 1.54) is 6.07 Å². The van der Waals surface area contributed by atoms with E-state index in [9.17, 15) is 9.90 Å². The maximum absolute atomic E-state index is 12.2. The van der Waals surface area contributed by atoms with Gasteiger partial charge in [0.05, 0.1) is 11.6 Å². The first-order valence-corrected chi connectivity index (χ1v) is 7.61. The minimum Gasteiger partial charge on any atom is -0.507 e. The van der Waals surface area contributed by atoms with Gasteiger partial charge < -0.3 is 10.4 Å². The first-order chi connectivity index (χ1) is 9.47. The molecule has 0 aromatic heterocycles. The summed E-state index contributed by atoms with van der Waals surface area (Å²) in [4.78, 5) is 12.2. The van der Waals surface area contributed by atoms with Gasteiger partial charge >= 0.3 is 0 Å². The second kappa shape index (κ2) is 6.41. The fourth-order valence-electron chi connectivity index (χ4n) is 1.80. The molecule has 0 radical (unpaired) electrons. The number of phenolic OH excluding ortho intramolecular Hbond substituents is 1. The van der Waals surface area contributed by atoms with Crippen molar-refractivity contribution in [2.75, 3.05) is 0 Å². The Morgan fingerprint density at radius 1 is 1.10 bits per heavy atom. The minimum absolute atomic E-state index is 0.0336. The quantitative estimate of drug-likeness (QED) is 0.804. The lowest BCUT2D eigenvalue weighted by atomic mass is 10.1. The number of phenols is 1. The van der Waals surface area contributed by atoms with Crippen LogP contribution in [0.25, 0.3) is 0 Å². The normalized spacial score (nSPS) is 11.9. The molecule has 2 aromatic rings. The lowest BCUT2D eigenvalue weighted by Gasteiger charge is -2.15. The molecule has 20 heavy (non-hydrogen) atoms.